The van der Waals surface area contributed by atoms with Crippen molar-refractivity contribution in [3.63, 3.8) is 0 Å². The fourth-order valence-corrected chi connectivity index (χ4v) is 2.86. The Balaban J connectivity index is 2.34. The standard InChI is InChI=1S/C14H28/c1-5-11(2)13(4)10-14-9-7-6-8-12(14)3/h11-14H,5-10H2,1-4H3. The SMILES string of the molecule is CCC(C)C(C)CC1CCCCC1C. The fourth-order valence-electron chi connectivity index (χ4n) is 2.86. The zero-order valence-electron chi connectivity index (χ0n) is 10.6. The molecule has 0 heterocycles. The van der Waals surface area contributed by atoms with E-state index in [0.717, 1.165) is 23.7 Å². The van der Waals surface area contributed by atoms with Crippen LogP contribution in [0.5, 0.6) is 0 Å². The predicted molar refractivity (Wildman–Crippen MR) is 64.4 cm³/mol. The highest BCUT2D eigenvalue weighted by molar-refractivity contribution is 4.75. The van der Waals surface area contributed by atoms with Gasteiger partial charge in [0.25, 0.3) is 0 Å². The van der Waals surface area contributed by atoms with Gasteiger partial charge in [-0.05, 0) is 30.1 Å². The molecule has 0 aliphatic heterocycles. The van der Waals surface area contributed by atoms with Gasteiger partial charge in [-0.2, -0.15) is 0 Å². The van der Waals surface area contributed by atoms with Gasteiger partial charge in [-0.25, -0.2) is 0 Å². The molecule has 0 N–H and O–H groups in total. The maximum absolute atomic E-state index is 2.47. The topological polar surface area (TPSA) is 0 Å². The maximum Gasteiger partial charge on any atom is -0.0386 e. The van der Waals surface area contributed by atoms with Gasteiger partial charge in [-0.3, -0.25) is 0 Å². The van der Waals surface area contributed by atoms with Gasteiger partial charge >= 0.3 is 0 Å². The van der Waals surface area contributed by atoms with Crippen LogP contribution in [0, 0.1) is 23.7 Å². The second kappa shape index (κ2) is 5.78. The first kappa shape index (κ1) is 12.1. The van der Waals surface area contributed by atoms with Crippen molar-refractivity contribution in [2.24, 2.45) is 23.7 Å². The largest absolute Gasteiger partial charge is 0.0651 e. The first-order valence-electron chi connectivity index (χ1n) is 6.65. The van der Waals surface area contributed by atoms with Gasteiger partial charge < -0.3 is 0 Å². The molecule has 14 heavy (non-hydrogen) atoms. The highest BCUT2D eigenvalue weighted by Gasteiger charge is 2.24. The van der Waals surface area contributed by atoms with Crippen molar-refractivity contribution >= 4 is 0 Å². The van der Waals surface area contributed by atoms with Crippen LogP contribution in [0.15, 0.2) is 0 Å². The van der Waals surface area contributed by atoms with Crippen LogP contribution in [-0.2, 0) is 0 Å². The summed E-state index contributed by atoms with van der Waals surface area (Å²) in [5.41, 5.74) is 0. The number of hydrogen-bond acceptors (Lipinski definition) is 0. The van der Waals surface area contributed by atoms with Gasteiger partial charge in [0.15, 0.2) is 0 Å². The van der Waals surface area contributed by atoms with Crippen molar-refractivity contribution in [3.8, 4) is 0 Å². The Hall–Kier alpha value is 0. The molecule has 0 aromatic rings. The lowest BCUT2D eigenvalue weighted by molar-refractivity contribution is 0.191. The minimum Gasteiger partial charge on any atom is -0.0651 e. The van der Waals surface area contributed by atoms with Gasteiger partial charge in [0, 0.05) is 0 Å². The normalized spacial score (nSPS) is 32.6. The minimum atomic E-state index is 0.920. The second-order valence-corrected chi connectivity index (χ2v) is 5.62. The predicted octanol–water partition coefficient (Wildman–Crippen LogP) is 4.89. The van der Waals surface area contributed by atoms with Crippen LogP contribution in [0.3, 0.4) is 0 Å². The highest BCUT2D eigenvalue weighted by Crippen LogP contribution is 2.35. The summed E-state index contributed by atoms with van der Waals surface area (Å²) < 4.78 is 0. The third kappa shape index (κ3) is 3.29. The molecule has 84 valence electrons. The average molecular weight is 196 g/mol. The summed E-state index contributed by atoms with van der Waals surface area (Å²) in [4.78, 5) is 0. The van der Waals surface area contributed by atoms with Gasteiger partial charge in [0.05, 0.1) is 0 Å². The fraction of sp³-hybridized carbons (Fsp3) is 1.00. The maximum atomic E-state index is 2.47. The van der Waals surface area contributed by atoms with Crippen LogP contribution < -0.4 is 0 Å². The van der Waals surface area contributed by atoms with Crippen LogP contribution in [0.4, 0.5) is 0 Å². The number of rotatable bonds is 4. The molecule has 0 saturated heterocycles. The molecule has 1 saturated carbocycles. The van der Waals surface area contributed by atoms with E-state index in [1.54, 1.807) is 0 Å². The van der Waals surface area contributed by atoms with Crippen molar-refractivity contribution < 1.29 is 0 Å². The molecule has 1 aliphatic rings. The van der Waals surface area contributed by atoms with Crippen molar-refractivity contribution in [2.45, 2.75) is 66.2 Å². The lowest BCUT2D eigenvalue weighted by Crippen LogP contribution is -2.21. The van der Waals surface area contributed by atoms with Crippen LogP contribution in [0.1, 0.15) is 66.2 Å². The molecule has 4 atom stereocenters. The van der Waals surface area contributed by atoms with E-state index in [-0.39, 0.29) is 0 Å². The van der Waals surface area contributed by atoms with E-state index in [1.807, 2.05) is 0 Å². The summed E-state index contributed by atoms with van der Waals surface area (Å²) in [5, 5.41) is 0. The molecule has 1 fully saturated rings. The zero-order valence-corrected chi connectivity index (χ0v) is 10.6. The highest BCUT2D eigenvalue weighted by atomic mass is 14.3. The monoisotopic (exact) mass is 196 g/mol. The molecular weight excluding hydrogens is 168 g/mol. The molecule has 0 bridgehead atoms. The summed E-state index contributed by atoms with van der Waals surface area (Å²) in [6.07, 6.45) is 8.79. The van der Waals surface area contributed by atoms with Crippen LogP contribution in [0.25, 0.3) is 0 Å². The Morgan fingerprint density at radius 3 is 2.29 bits per heavy atom. The quantitative estimate of drug-likeness (QED) is 0.601. The Morgan fingerprint density at radius 2 is 1.71 bits per heavy atom. The van der Waals surface area contributed by atoms with E-state index >= 15 is 0 Å². The van der Waals surface area contributed by atoms with Crippen molar-refractivity contribution in [1.82, 2.24) is 0 Å². The van der Waals surface area contributed by atoms with Crippen LogP contribution in [-0.4, -0.2) is 0 Å². The van der Waals surface area contributed by atoms with Gasteiger partial charge in [0.1, 0.15) is 0 Å². The Bertz CT molecular complexity index is 150. The van der Waals surface area contributed by atoms with E-state index in [0.29, 0.717) is 0 Å². The smallest absolute Gasteiger partial charge is 0.0386 e. The van der Waals surface area contributed by atoms with Crippen molar-refractivity contribution in [1.29, 1.82) is 0 Å². The molecule has 0 radical (unpaired) electrons. The van der Waals surface area contributed by atoms with Gasteiger partial charge in [0.2, 0.25) is 0 Å². The van der Waals surface area contributed by atoms with Gasteiger partial charge in [-0.1, -0.05) is 59.8 Å². The van der Waals surface area contributed by atoms with E-state index < -0.39 is 0 Å². The number of hydrogen-bond donors (Lipinski definition) is 0. The summed E-state index contributed by atoms with van der Waals surface area (Å²) in [6.45, 7) is 9.66. The molecule has 4 unspecified atom stereocenters. The molecular formula is C14H28. The first-order valence-corrected chi connectivity index (χ1v) is 6.65. The third-order valence-corrected chi connectivity index (χ3v) is 4.58. The van der Waals surface area contributed by atoms with E-state index in [2.05, 4.69) is 27.7 Å². The van der Waals surface area contributed by atoms with Crippen LogP contribution in [0.2, 0.25) is 0 Å². The molecule has 1 aliphatic carbocycles. The molecule has 0 nitrogen and oxygen atoms in total. The molecule has 0 spiro atoms. The lowest BCUT2D eigenvalue weighted by atomic mass is 9.74. The van der Waals surface area contributed by atoms with E-state index in [1.165, 1.54) is 38.5 Å². The summed E-state index contributed by atoms with van der Waals surface area (Å²) in [5.74, 6) is 3.89. The average Bonchev–Trinajstić information content (AvgIpc) is 2.20. The van der Waals surface area contributed by atoms with Crippen LogP contribution >= 0.6 is 0 Å². The lowest BCUT2D eigenvalue weighted by Gasteiger charge is -2.32. The first-order chi connectivity index (χ1) is 6.65. The van der Waals surface area contributed by atoms with Crippen molar-refractivity contribution in [2.75, 3.05) is 0 Å². The van der Waals surface area contributed by atoms with E-state index in [4.69, 9.17) is 0 Å². The molecule has 0 heteroatoms. The third-order valence-electron chi connectivity index (χ3n) is 4.58. The summed E-state index contributed by atoms with van der Waals surface area (Å²) in [7, 11) is 0. The Kier molecular flexibility index (Phi) is 4.98. The molecule has 0 aromatic heterocycles. The second-order valence-electron chi connectivity index (χ2n) is 5.62. The molecule has 1 rings (SSSR count). The Morgan fingerprint density at radius 1 is 1.07 bits per heavy atom. The Labute approximate surface area is 90.5 Å². The summed E-state index contributed by atoms with van der Waals surface area (Å²) >= 11 is 0. The molecule has 0 aromatic carbocycles. The molecule has 0 amide bonds. The minimum absolute atomic E-state index is 0.920. The van der Waals surface area contributed by atoms with E-state index in [9.17, 15) is 0 Å². The van der Waals surface area contributed by atoms with Crippen molar-refractivity contribution in [3.05, 3.63) is 0 Å². The zero-order chi connectivity index (χ0) is 10.6. The van der Waals surface area contributed by atoms with Gasteiger partial charge in [-0.15, -0.1) is 0 Å². The summed E-state index contributed by atoms with van der Waals surface area (Å²) in [6, 6.07) is 0.